The lowest BCUT2D eigenvalue weighted by Crippen LogP contribution is -2.02. The summed E-state index contributed by atoms with van der Waals surface area (Å²) in [5.74, 6) is 1.30. The van der Waals surface area contributed by atoms with Gasteiger partial charge in [0.15, 0.2) is 0 Å². The number of rotatable bonds is 3. The number of nitrogens with zero attached hydrogens (tertiary/aromatic N) is 2. The van der Waals surface area contributed by atoms with Crippen molar-refractivity contribution in [1.82, 2.24) is 9.55 Å². The zero-order chi connectivity index (χ0) is 12.5. The molecule has 0 amide bonds. The van der Waals surface area contributed by atoms with Gasteiger partial charge in [0.25, 0.3) is 0 Å². The summed E-state index contributed by atoms with van der Waals surface area (Å²) in [6.07, 6.45) is 3.43. The molecule has 3 aromatic rings. The maximum absolute atomic E-state index is 5.99. The number of alkyl halides is 1. The van der Waals surface area contributed by atoms with E-state index in [1.807, 2.05) is 12.1 Å². The maximum atomic E-state index is 5.99. The Bertz CT molecular complexity index is 670. The highest BCUT2D eigenvalue weighted by molar-refractivity contribution is 6.16. The molecule has 18 heavy (non-hydrogen) atoms. The minimum absolute atomic E-state index is 0.409. The van der Waals surface area contributed by atoms with E-state index >= 15 is 0 Å². The van der Waals surface area contributed by atoms with Crippen LogP contribution in [0.25, 0.3) is 11.0 Å². The van der Waals surface area contributed by atoms with Crippen LogP contribution in [0.1, 0.15) is 17.0 Å². The van der Waals surface area contributed by atoms with Crippen LogP contribution in [-0.4, -0.2) is 9.55 Å². The van der Waals surface area contributed by atoms with Gasteiger partial charge < -0.3 is 8.98 Å². The third kappa shape index (κ3) is 1.81. The third-order valence-corrected chi connectivity index (χ3v) is 3.34. The Hall–Kier alpha value is -1.74. The zero-order valence-electron chi connectivity index (χ0n) is 10.1. The van der Waals surface area contributed by atoms with E-state index in [0.29, 0.717) is 5.88 Å². The highest BCUT2D eigenvalue weighted by Crippen LogP contribution is 2.22. The van der Waals surface area contributed by atoms with Gasteiger partial charge in [-0.3, -0.25) is 0 Å². The van der Waals surface area contributed by atoms with Crippen molar-refractivity contribution in [3.05, 3.63) is 53.7 Å². The number of para-hydroxylation sites is 1. The van der Waals surface area contributed by atoms with Crippen molar-refractivity contribution in [3.63, 3.8) is 0 Å². The van der Waals surface area contributed by atoms with Crippen molar-refractivity contribution >= 4 is 22.6 Å². The van der Waals surface area contributed by atoms with Crippen LogP contribution < -0.4 is 0 Å². The molecule has 4 heteroatoms. The second-order valence-electron chi connectivity index (χ2n) is 4.32. The summed E-state index contributed by atoms with van der Waals surface area (Å²) >= 11 is 5.99. The second kappa shape index (κ2) is 4.50. The highest BCUT2D eigenvalue weighted by atomic mass is 35.5. The van der Waals surface area contributed by atoms with E-state index in [1.165, 1.54) is 5.56 Å². The molecule has 0 saturated heterocycles. The molecule has 0 atom stereocenters. The predicted molar refractivity (Wildman–Crippen MR) is 71.8 cm³/mol. The van der Waals surface area contributed by atoms with Crippen LogP contribution in [0.2, 0.25) is 0 Å². The summed E-state index contributed by atoms with van der Waals surface area (Å²) in [7, 11) is 0. The van der Waals surface area contributed by atoms with Gasteiger partial charge >= 0.3 is 0 Å². The van der Waals surface area contributed by atoms with Gasteiger partial charge in [0.05, 0.1) is 36.0 Å². The van der Waals surface area contributed by atoms with Crippen molar-refractivity contribution in [2.45, 2.75) is 19.3 Å². The number of fused-ring (bicyclic) bond motifs is 1. The first-order chi connectivity index (χ1) is 8.79. The molecule has 2 aromatic heterocycles. The molecule has 3 rings (SSSR count). The number of furan rings is 1. The Morgan fingerprint density at radius 3 is 2.94 bits per heavy atom. The molecule has 0 aliphatic carbocycles. The van der Waals surface area contributed by atoms with Gasteiger partial charge in [-0.2, -0.15) is 0 Å². The van der Waals surface area contributed by atoms with Crippen molar-refractivity contribution in [2.75, 3.05) is 0 Å². The number of halogens is 1. The van der Waals surface area contributed by atoms with Crippen LogP contribution in [0, 0.1) is 6.92 Å². The largest absolute Gasteiger partial charge is 0.472 e. The lowest BCUT2D eigenvalue weighted by molar-refractivity contribution is 0.562. The van der Waals surface area contributed by atoms with Gasteiger partial charge in [-0.05, 0) is 24.6 Å². The van der Waals surface area contributed by atoms with E-state index in [-0.39, 0.29) is 0 Å². The van der Waals surface area contributed by atoms with E-state index in [9.17, 15) is 0 Å². The number of aryl methyl sites for hydroxylation is 1. The third-order valence-electron chi connectivity index (χ3n) is 3.10. The van der Waals surface area contributed by atoms with E-state index in [4.69, 9.17) is 16.0 Å². The number of aromatic nitrogens is 2. The molecule has 2 heterocycles. The molecule has 0 spiro atoms. The summed E-state index contributed by atoms with van der Waals surface area (Å²) in [5.41, 5.74) is 4.43. The molecular formula is C14H13ClN2O. The first-order valence-electron chi connectivity index (χ1n) is 5.81. The van der Waals surface area contributed by atoms with Crippen LogP contribution >= 0.6 is 11.6 Å². The molecule has 1 aromatic carbocycles. The molecule has 0 N–H and O–H groups in total. The normalized spacial score (nSPS) is 11.2. The van der Waals surface area contributed by atoms with Crippen molar-refractivity contribution in [1.29, 1.82) is 0 Å². The van der Waals surface area contributed by atoms with Crippen LogP contribution in [0.5, 0.6) is 0 Å². The van der Waals surface area contributed by atoms with Gasteiger partial charge in [-0.1, -0.05) is 12.1 Å². The summed E-state index contributed by atoms with van der Waals surface area (Å²) in [5, 5.41) is 0. The van der Waals surface area contributed by atoms with Gasteiger partial charge in [0, 0.05) is 5.56 Å². The number of hydrogen-bond donors (Lipinski definition) is 0. The molecule has 0 saturated carbocycles. The predicted octanol–water partition coefficient (Wildman–Crippen LogP) is 3.72. The SMILES string of the molecule is Cc1cccc2c1nc(CCl)n2Cc1ccoc1. The fraction of sp³-hybridized carbons (Fsp3) is 0.214. The fourth-order valence-electron chi connectivity index (χ4n) is 2.18. The Morgan fingerprint density at radius 1 is 1.33 bits per heavy atom. The molecule has 92 valence electrons. The average Bonchev–Trinajstić information content (AvgIpc) is 2.99. The van der Waals surface area contributed by atoms with Crippen molar-refractivity contribution in [3.8, 4) is 0 Å². The van der Waals surface area contributed by atoms with E-state index in [0.717, 1.165) is 29.0 Å². The molecule has 0 bridgehead atoms. The quantitative estimate of drug-likeness (QED) is 0.672. The van der Waals surface area contributed by atoms with Crippen LogP contribution in [0.4, 0.5) is 0 Å². The molecule has 3 nitrogen and oxygen atoms in total. The molecule has 0 fully saturated rings. The second-order valence-corrected chi connectivity index (χ2v) is 4.59. The summed E-state index contributed by atoms with van der Waals surface area (Å²) < 4.78 is 7.24. The summed E-state index contributed by atoms with van der Waals surface area (Å²) in [6.45, 7) is 2.80. The van der Waals surface area contributed by atoms with Gasteiger partial charge in [0.1, 0.15) is 5.82 Å². The monoisotopic (exact) mass is 260 g/mol. The average molecular weight is 261 g/mol. The molecule has 0 aliphatic rings. The van der Waals surface area contributed by atoms with Crippen LogP contribution in [-0.2, 0) is 12.4 Å². The topological polar surface area (TPSA) is 31.0 Å². The van der Waals surface area contributed by atoms with Crippen molar-refractivity contribution in [2.24, 2.45) is 0 Å². The lowest BCUT2D eigenvalue weighted by atomic mass is 10.2. The molecule has 0 aliphatic heterocycles. The molecular weight excluding hydrogens is 248 g/mol. The van der Waals surface area contributed by atoms with Crippen LogP contribution in [0.3, 0.4) is 0 Å². The number of hydrogen-bond acceptors (Lipinski definition) is 2. The van der Waals surface area contributed by atoms with E-state index in [1.54, 1.807) is 12.5 Å². The molecule has 0 radical (unpaired) electrons. The van der Waals surface area contributed by atoms with Gasteiger partial charge in [0.2, 0.25) is 0 Å². The standard InChI is InChI=1S/C14H13ClN2O/c1-10-3-2-4-12-14(10)16-13(7-15)17(12)8-11-5-6-18-9-11/h2-6,9H,7-8H2,1H3. The first-order valence-corrected chi connectivity index (χ1v) is 6.35. The van der Waals surface area contributed by atoms with E-state index in [2.05, 4.69) is 28.6 Å². The fourth-order valence-corrected chi connectivity index (χ4v) is 2.38. The molecule has 0 unspecified atom stereocenters. The minimum atomic E-state index is 0.409. The van der Waals surface area contributed by atoms with Gasteiger partial charge in [-0.15, -0.1) is 11.6 Å². The Labute approximate surface area is 110 Å². The number of imidazole rings is 1. The first kappa shape index (κ1) is 11.4. The van der Waals surface area contributed by atoms with E-state index < -0.39 is 0 Å². The summed E-state index contributed by atoms with van der Waals surface area (Å²) in [4.78, 5) is 4.61. The highest BCUT2D eigenvalue weighted by Gasteiger charge is 2.11. The Kier molecular flexibility index (Phi) is 2.84. The maximum Gasteiger partial charge on any atom is 0.125 e. The Balaban J connectivity index is 2.17. The van der Waals surface area contributed by atoms with Gasteiger partial charge in [-0.25, -0.2) is 4.98 Å². The minimum Gasteiger partial charge on any atom is -0.472 e. The number of benzene rings is 1. The van der Waals surface area contributed by atoms with Crippen molar-refractivity contribution < 1.29 is 4.42 Å². The van der Waals surface area contributed by atoms with Crippen LogP contribution in [0.15, 0.2) is 41.2 Å². The lowest BCUT2D eigenvalue weighted by Gasteiger charge is -2.05. The summed E-state index contributed by atoms with van der Waals surface area (Å²) in [6, 6.07) is 8.14. The zero-order valence-corrected chi connectivity index (χ0v) is 10.8. The smallest absolute Gasteiger partial charge is 0.125 e. The Morgan fingerprint density at radius 2 is 2.22 bits per heavy atom.